The topological polar surface area (TPSA) is 54.7 Å². The Morgan fingerprint density at radius 3 is 2.66 bits per heavy atom. The Balaban J connectivity index is 1.42. The minimum absolute atomic E-state index is 0.145. The summed E-state index contributed by atoms with van der Waals surface area (Å²) in [6, 6.07) is 18.2. The number of nitrogens with one attached hydrogen (secondary N) is 1. The number of hydrogen-bond acceptors (Lipinski definition) is 4. The van der Waals surface area contributed by atoms with Crippen LogP contribution in [0.2, 0.25) is 0 Å². The first kappa shape index (κ1) is 19.0. The molecule has 0 saturated carbocycles. The third-order valence-electron chi connectivity index (χ3n) is 4.74. The van der Waals surface area contributed by atoms with Crippen molar-refractivity contribution in [3.63, 3.8) is 0 Å². The lowest BCUT2D eigenvalue weighted by Crippen LogP contribution is -2.29. The van der Waals surface area contributed by atoms with Gasteiger partial charge in [0.25, 0.3) is 0 Å². The second-order valence-corrected chi connectivity index (χ2v) is 7.00. The minimum atomic E-state index is -0.413. The summed E-state index contributed by atoms with van der Waals surface area (Å²) in [5.41, 5.74) is 3.07. The Bertz CT molecular complexity index is 1190. The number of carbonyl (C=O) groups is 1. The highest BCUT2D eigenvalue weighted by molar-refractivity contribution is 6.07. The van der Waals surface area contributed by atoms with Gasteiger partial charge in [0.1, 0.15) is 11.2 Å². The molecule has 0 saturated heterocycles. The van der Waals surface area contributed by atoms with Gasteiger partial charge in [-0.15, -0.1) is 0 Å². The van der Waals surface area contributed by atoms with Gasteiger partial charge in [-0.2, -0.15) is 0 Å². The molecule has 0 fully saturated rings. The highest BCUT2D eigenvalue weighted by Crippen LogP contribution is 2.30. The molecule has 0 radical (unpaired) electrons. The molecule has 4 aromatic rings. The summed E-state index contributed by atoms with van der Waals surface area (Å²) >= 11 is 0. The monoisotopic (exact) mass is 392 g/mol. The average molecular weight is 392 g/mol. The highest BCUT2D eigenvalue weighted by atomic mass is 19.1. The maximum absolute atomic E-state index is 13.8. The predicted octanol–water partition coefficient (Wildman–Crippen LogP) is 4.80. The molecule has 1 N–H and O–H groups in total. The zero-order chi connectivity index (χ0) is 20.4. The van der Waals surface area contributed by atoms with Gasteiger partial charge < -0.3 is 14.5 Å². The number of anilines is 1. The van der Waals surface area contributed by atoms with E-state index in [1.165, 1.54) is 13.2 Å². The van der Waals surface area contributed by atoms with E-state index >= 15 is 0 Å². The highest BCUT2D eigenvalue weighted by Gasteiger charge is 2.12. The van der Waals surface area contributed by atoms with E-state index in [1.807, 2.05) is 54.4 Å². The molecule has 0 bridgehead atoms. The zero-order valence-electron chi connectivity index (χ0n) is 16.2. The normalized spacial score (nSPS) is 11.3. The SMILES string of the molecule is COc1ccc(CN(C)CC(=O)Nc2ccc3oc4ccccc4c3c2)cc1F. The first-order valence-corrected chi connectivity index (χ1v) is 9.25. The number of carbonyl (C=O) groups excluding carboxylic acids is 1. The van der Waals surface area contributed by atoms with Crippen LogP contribution in [0.1, 0.15) is 5.56 Å². The number of amides is 1. The Kier molecular flexibility index (Phi) is 5.18. The fourth-order valence-corrected chi connectivity index (χ4v) is 3.43. The molecule has 29 heavy (non-hydrogen) atoms. The Morgan fingerprint density at radius 2 is 1.86 bits per heavy atom. The molecule has 3 aromatic carbocycles. The van der Waals surface area contributed by atoms with E-state index in [0.717, 1.165) is 27.5 Å². The van der Waals surface area contributed by atoms with E-state index in [-0.39, 0.29) is 18.2 Å². The lowest BCUT2D eigenvalue weighted by atomic mass is 10.1. The van der Waals surface area contributed by atoms with Crippen LogP contribution < -0.4 is 10.1 Å². The van der Waals surface area contributed by atoms with E-state index < -0.39 is 5.82 Å². The van der Waals surface area contributed by atoms with E-state index in [1.54, 1.807) is 12.1 Å². The van der Waals surface area contributed by atoms with Crippen molar-refractivity contribution in [3.05, 3.63) is 72.0 Å². The number of ether oxygens (including phenoxy) is 1. The number of nitrogens with zero attached hydrogens (tertiary/aromatic N) is 1. The van der Waals surface area contributed by atoms with Crippen LogP contribution in [0.4, 0.5) is 10.1 Å². The van der Waals surface area contributed by atoms with Crippen LogP contribution in [-0.2, 0) is 11.3 Å². The van der Waals surface area contributed by atoms with Crippen molar-refractivity contribution in [2.75, 3.05) is 26.0 Å². The summed E-state index contributed by atoms with van der Waals surface area (Å²) in [5, 5.41) is 4.89. The molecule has 4 rings (SSSR count). The van der Waals surface area contributed by atoms with E-state index in [2.05, 4.69) is 5.32 Å². The summed E-state index contributed by atoms with van der Waals surface area (Å²) in [6.45, 7) is 0.623. The summed E-state index contributed by atoms with van der Waals surface area (Å²) in [6.07, 6.45) is 0. The number of para-hydroxylation sites is 1. The molecule has 0 unspecified atom stereocenters. The van der Waals surface area contributed by atoms with Crippen molar-refractivity contribution < 1.29 is 18.3 Å². The molecule has 0 aliphatic rings. The number of rotatable bonds is 6. The molecular weight excluding hydrogens is 371 g/mol. The van der Waals surface area contributed by atoms with Gasteiger partial charge in [-0.3, -0.25) is 9.69 Å². The number of fused-ring (bicyclic) bond motifs is 3. The quantitative estimate of drug-likeness (QED) is 0.512. The van der Waals surface area contributed by atoms with E-state index in [9.17, 15) is 9.18 Å². The maximum Gasteiger partial charge on any atom is 0.238 e. The van der Waals surface area contributed by atoms with E-state index in [4.69, 9.17) is 9.15 Å². The van der Waals surface area contributed by atoms with Crippen molar-refractivity contribution in [2.45, 2.75) is 6.54 Å². The second-order valence-electron chi connectivity index (χ2n) is 7.00. The molecule has 1 aromatic heterocycles. The molecule has 0 atom stereocenters. The first-order chi connectivity index (χ1) is 14.0. The lowest BCUT2D eigenvalue weighted by molar-refractivity contribution is -0.117. The van der Waals surface area contributed by atoms with Gasteiger partial charge in [-0.05, 0) is 49.0 Å². The molecular formula is C23H21FN2O3. The van der Waals surface area contributed by atoms with Crippen LogP contribution >= 0.6 is 0 Å². The standard InChI is InChI=1S/C23H21FN2O3/c1-26(13-15-7-9-22(28-2)19(24)11-15)14-23(27)25-16-8-10-21-18(12-16)17-5-3-4-6-20(17)29-21/h3-12H,13-14H2,1-2H3,(H,25,27). The summed E-state index contributed by atoms with van der Waals surface area (Å²) in [4.78, 5) is 14.3. The van der Waals surface area contributed by atoms with Gasteiger partial charge in [-0.25, -0.2) is 4.39 Å². The third-order valence-corrected chi connectivity index (χ3v) is 4.74. The summed E-state index contributed by atoms with van der Waals surface area (Å²) in [7, 11) is 3.24. The fourth-order valence-electron chi connectivity index (χ4n) is 3.43. The van der Waals surface area contributed by atoms with Gasteiger partial charge >= 0.3 is 0 Å². The molecule has 6 heteroatoms. The van der Waals surface area contributed by atoms with Crippen molar-refractivity contribution in [1.29, 1.82) is 0 Å². The largest absolute Gasteiger partial charge is 0.494 e. The molecule has 0 aliphatic heterocycles. The Labute approximate surface area is 167 Å². The number of hydrogen-bond donors (Lipinski definition) is 1. The number of furan rings is 1. The number of likely N-dealkylation sites (N-methyl/N-ethyl adjacent to an activating group) is 1. The van der Waals surface area contributed by atoms with Crippen LogP contribution in [0.25, 0.3) is 21.9 Å². The minimum Gasteiger partial charge on any atom is -0.494 e. The van der Waals surface area contributed by atoms with Crippen LogP contribution in [-0.4, -0.2) is 31.5 Å². The zero-order valence-corrected chi connectivity index (χ0v) is 16.2. The summed E-state index contributed by atoms with van der Waals surface area (Å²) < 4.78 is 24.6. The Hall–Kier alpha value is -3.38. The van der Waals surface area contributed by atoms with Gasteiger partial charge in [0, 0.05) is 23.0 Å². The van der Waals surface area contributed by atoms with Crippen LogP contribution in [0.3, 0.4) is 0 Å². The predicted molar refractivity (Wildman–Crippen MR) is 112 cm³/mol. The van der Waals surface area contributed by atoms with Gasteiger partial charge in [0.2, 0.25) is 5.91 Å². The van der Waals surface area contributed by atoms with Crippen LogP contribution in [0.5, 0.6) is 5.75 Å². The number of benzene rings is 3. The van der Waals surface area contributed by atoms with Gasteiger partial charge in [0.15, 0.2) is 11.6 Å². The van der Waals surface area contributed by atoms with Crippen LogP contribution in [0, 0.1) is 5.82 Å². The van der Waals surface area contributed by atoms with Gasteiger partial charge in [0.05, 0.1) is 13.7 Å². The molecule has 0 aliphatic carbocycles. The molecule has 1 amide bonds. The average Bonchev–Trinajstić information content (AvgIpc) is 3.06. The lowest BCUT2D eigenvalue weighted by Gasteiger charge is -2.17. The maximum atomic E-state index is 13.8. The van der Waals surface area contributed by atoms with Crippen molar-refractivity contribution in [3.8, 4) is 5.75 Å². The van der Waals surface area contributed by atoms with Crippen molar-refractivity contribution >= 4 is 33.5 Å². The van der Waals surface area contributed by atoms with Gasteiger partial charge in [-0.1, -0.05) is 24.3 Å². The smallest absolute Gasteiger partial charge is 0.238 e. The summed E-state index contributed by atoms with van der Waals surface area (Å²) in [5.74, 6) is -0.353. The third kappa shape index (κ3) is 4.07. The first-order valence-electron chi connectivity index (χ1n) is 9.25. The fraction of sp³-hybridized carbons (Fsp3) is 0.174. The molecule has 1 heterocycles. The van der Waals surface area contributed by atoms with E-state index in [0.29, 0.717) is 12.2 Å². The number of methoxy groups -OCH3 is 1. The van der Waals surface area contributed by atoms with Crippen molar-refractivity contribution in [2.24, 2.45) is 0 Å². The molecule has 148 valence electrons. The van der Waals surface area contributed by atoms with Crippen LogP contribution in [0.15, 0.2) is 65.1 Å². The second kappa shape index (κ2) is 7.93. The Morgan fingerprint density at radius 1 is 1.07 bits per heavy atom. The molecule has 5 nitrogen and oxygen atoms in total. The molecule has 0 spiro atoms. The number of halogens is 1. The van der Waals surface area contributed by atoms with Crippen molar-refractivity contribution in [1.82, 2.24) is 4.90 Å².